The van der Waals surface area contributed by atoms with E-state index in [1.54, 1.807) is 6.33 Å². The molecule has 1 aliphatic heterocycles. The Kier molecular flexibility index (Phi) is 5.10. The number of carbonyl (C=O) groups excluding carboxylic acids is 2. The zero-order valence-electron chi connectivity index (χ0n) is 13.4. The summed E-state index contributed by atoms with van der Waals surface area (Å²) in [6.07, 6.45) is 2.31. The van der Waals surface area contributed by atoms with Gasteiger partial charge in [0.05, 0.1) is 4.75 Å². The van der Waals surface area contributed by atoms with Gasteiger partial charge in [0.25, 0.3) is 0 Å². The fourth-order valence-corrected chi connectivity index (χ4v) is 3.18. The number of rotatable bonds is 5. The molecule has 1 aromatic heterocycles. The summed E-state index contributed by atoms with van der Waals surface area (Å²) in [7, 11) is 0. The van der Waals surface area contributed by atoms with Crippen LogP contribution in [0.3, 0.4) is 0 Å². The minimum absolute atomic E-state index is 0.0940. The Balaban J connectivity index is 1.81. The molecule has 1 aliphatic rings. The number of nitrogens with zero attached hydrogens (tertiary/aromatic N) is 3. The molecule has 2 N–H and O–H groups in total. The molecule has 0 saturated carbocycles. The van der Waals surface area contributed by atoms with E-state index in [9.17, 15) is 9.59 Å². The molecule has 0 radical (unpaired) electrons. The lowest BCUT2D eigenvalue weighted by Gasteiger charge is -2.32. The van der Waals surface area contributed by atoms with Crippen molar-refractivity contribution >= 4 is 23.6 Å². The first kappa shape index (κ1) is 16.8. The highest BCUT2D eigenvalue weighted by atomic mass is 32.2. The maximum atomic E-state index is 12.1. The predicted molar refractivity (Wildman–Crippen MR) is 85.6 cm³/mol. The molecular formula is C14H23N5O2S. The van der Waals surface area contributed by atoms with Gasteiger partial charge in [-0.3, -0.25) is 9.59 Å². The average Bonchev–Trinajstić information content (AvgIpc) is 2.90. The lowest BCUT2D eigenvalue weighted by atomic mass is 10.1. The maximum absolute atomic E-state index is 12.1. The van der Waals surface area contributed by atoms with Gasteiger partial charge in [-0.05, 0) is 27.7 Å². The molecule has 1 atom stereocenters. The number of nitrogens with one attached hydrogen (secondary N) is 2. The average molecular weight is 325 g/mol. The molecule has 0 bridgehead atoms. The van der Waals surface area contributed by atoms with Crippen LogP contribution in [0.1, 0.15) is 39.6 Å². The van der Waals surface area contributed by atoms with E-state index in [4.69, 9.17) is 0 Å². The van der Waals surface area contributed by atoms with Crippen LogP contribution >= 0.6 is 11.8 Å². The van der Waals surface area contributed by atoms with Crippen LogP contribution in [0.5, 0.6) is 0 Å². The van der Waals surface area contributed by atoms with Crippen molar-refractivity contribution in [2.24, 2.45) is 0 Å². The summed E-state index contributed by atoms with van der Waals surface area (Å²) in [5, 5.41) is 13.6. The number of hydrogen-bond acceptors (Lipinski definition) is 5. The number of thioether (sulfide) groups is 1. The van der Waals surface area contributed by atoms with Gasteiger partial charge < -0.3 is 15.2 Å². The van der Waals surface area contributed by atoms with Gasteiger partial charge in [-0.1, -0.05) is 0 Å². The van der Waals surface area contributed by atoms with Crippen LogP contribution < -0.4 is 10.6 Å². The highest BCUT2D eigenvalue weighted by Gasteiger charge is 2.37. The molecule has 8 heteroatoms. The van der Waals surface area contributed by atoms with Crippen molar-refractivity contribution in [3.63, 3.8) is 0 Å². The van der Waals surface area contributed by atoms with Crippen LogP contribution in [0.4, 0.5) is 0 Å². The first-order valence-electron chi connectivity index (χ1n) is 7.42. The summed E-state index contributed by atoms with van der Waals surface area (Å²) < 4.78 is 1.51. The van der Waals surface area contributed by atoms with Gasteiger partial charge >= 0.3 is 0 Å². The number of carbonyl (C=O) groups is 2. The number of amides is 2. The van der Waals surface area contributed by atoms with E-state index in [0.717, 1.165) is 5.82 Å². The third kappa shape index (κ3) is 3.79. The molecule has 22 heavy (non-hydrogen) atoms. The largest absolute Gasteiger partial charge is 0.354 e. The van der Waals surface area contributed by atoms with E-state index in [-0.39, 0.29) is 17.9 Å². The molecule has 7 nitrogen and oxygen atoms in total. The lowest BCUT2D eigenvalue weighted by Crippen LogP contribution is -2.57. The highest BCUT2D eigenvalue weighted by molar-refractivity contribution is 8.01. The van der Waals surface area contributed by atoms with Crippen molar-refractivity contribution in [1.29, 1.82) is 0 Å². The second-order valence-electron chi connectivity index (χ2n) is 6.14. The summed E-state index contributed by atoms with van der Waals surface area (Å²) in [4.78, 5) is 24.0. The van der Waals surface area contributed by atoms with Gasteiger partial charge in [-0.15, -0.1) is 22.0 Å². The fourth-order valence-electron chi connectivity index (χ4n) is 2.17. The number of aromatic nitrogens is 3. The lowest BCUT2D eigenvalue weighted by molar-refractivity contribution is -0.129. The standard InChI is InChI=1S/C14H23N5O2S/c1-9(2)19-8-16-18-11(19)5-6-15-12(20)10-7-22-14(3,4)13(21)17-10/h8-10H,5-7H2,1-4H3,(H,15,20)(H,17,21). The molecule has 2 amide bonds. The van der Waals surface area contributed by atoms with E-state index in [0.29, 0.717) is 18.7 Å². The third-order valence-electron chi connectivity index (χ3n) is 3.63. The van der Waals surface area contributed by atoms with Crippen molar-refractivity contribution in [2.75, 3.05) is 12.3 Å². The van der Waals surface area contributed by atoms with Crippen LogP contribution in [-0.2, 0) is 16.0 Å². The molecule has 1 saturated heterocycles. The molecule has 0 aliphatic carbocycles. The highest BCUT2D eigenvalue weighted by Crippen LogP contribution is 2.28. The second kappa shape index (κ2) is 6.68. The molecule has 2 heterocycles. The number of hydrogen-bond donors (Lipinski definition) is 2. The molecule has 122 valence electrons. The van der Waals surface area contributed by atoms with Crippen molar-refractivity contribution in [3.8, 4) is 0 Å². The van der Waals surface area contributed by atoms with E-state index < -0.39 is 10.8 Å². The first-order valence-corrected chi connectivity index (χ1v) is 8.41. The molecule has 1 unspecified atom stereocenters. The normalized spacial score (nSPS) is 20.8. The van der Waals surface area contributed by atoms with Crippen LogP contribution in [0.25, 0.3) is 0 Å². The summed E-state index contributed by atoms with van der Waals surface area (Å²) in [6.45, 7) is 8.31. The Hall–Kier alpha value is -1.57. The summed E-state index contributed by atoms with van der Waals surface area (Å²) >= 11 is 1.50. The molecule has 2 rings (SSSR count). The van der Waals surface area contributed by atoms with Gasteiger partial charge in [0.2, 0.25) is 11.8 Å². The SMILES string of the molecule is CC(C)n1cnnc1CCNC(=O)C1CSC(C)(C)C(=O)N1. The van der Waals surface area contributed by atoms with Gasteiger partial charge in [0.15, 0.2) is 0 Å². The Morgan fingerprint density at radius 1 is 1.59 bits per heavy atom. The van der Waals surface area contributed by atoms with Gasteiger partial charge in [0.1, 0.15) is 18.2 Å². The smallest absolute Gasteiger partial charge is 0.243 e. The third-order valence-corrected chi connectivity index (χ3v) is 5.04. The van der Waals surface area contributed by atoms with Gasteiger partial charge in [0, 0.05) is 24.8 Å². The van der Waals surface area contributed by atoms with E-state index in [1.807, 2.05) is 18.4 Å². The minimum atomic E-state index is -0.468. The van der Waals surface area contributed by atoms with Crippen molar-refractivity contribution in [3.05, 3.63) is 12.2 Å². The summed E-state index contributed by atoms with van der Waals surface area (Å²) in [5.74, 6) is 1.20. The topological polar surface area (TPSA) is 88.9 Å². The molecular weight excluding hydrogens is 302 g/mol. The van der Waals surface area contributed by atoms with Crippen LogP contribution in [0.2, 0.25) is 0 Å². The van der Waals surface area contributed by atoms with Gasteiger partial charge in [-0.2, -0.15) is 0 Å². The zero-order chi connectivity index (χ0) is 16.3. The Bertz CT molecular complexity index is 555. The first-order chi connectivity index (χ1) is 10.3. The second-order valence-corrected chi connectivity index (χ2v) is 7.78. The van der Waals surface area contributed by atoms with Crippen molar-refractivity contribution in [2.45, 2.75) is 50.9 Å². The van der Waals surface area contributed by atoms with Gasteiger partial charge in [-0.25, -0.2) is 0 Å². The molecule has 1 aromatic rings. The van der Waals surface area contributed by atoms with Crippen molar-refractivity contribution < 1.29 is 9.59 Å². The summed E-state index contributed by atoms with van der Waals surface area (Å²) in [6, 6.07) is -0.176. The minimum Gasteiger partial charge on any atom is -0.354 e. The van der Waals surface area contributed by atoms with Crippen LogP contribution in [0.15, 0.2) is 6.33 Å². The summed E-state index contributed by atoms with van der Waals surface area (Å²) in [5.41, 5.74) is 0. The van der Waals surface area contributed by atoms with Crippen LogP contribution in [0, 0.1) is 0 Å². The quantitative estimate of drug-likeness (QED) is 0.824. The maximum Gasteiger partial charge on any atom is 0.243 e. The monoisotopic (exact) mass is 325 g/mol. The Morgan fingerprint density at radius 2 is 2.32 bits per heavy atom. The predicted octanol–water partition coefficient (Wildman–Crippen LogP) is 0.528. The Morgan fingerprint density at radius 3 is 2.95 bits per heavy atom. The molecule has 0 aromatic carbocycles. The van der Waals surface area contributed by atoms with Crippen molar-refractivity contribution in [1.82, 2.24) is 25.4 Å². The Labute approximate surface area is 134 Å². The van der Waals surface area contributed by atoms with E-state index >= 15 is 0 Å². The molecule has 0 spiro atoms. The van der Waals surface area contributed by atoms with Crippen LogP contribution in [-0.4, -0.2) is 49.7 Å². The zero-order valence-corrected chi connectivity index (χ0v) is 14.2. The van der Waals surface area contributed by atoms with E-state index in [1.165, 1.54) is 11.8 Å². The fraction of sp³-hybridized carbons (Fsp3) is 0.714. The molecule has 1 fully saturated rings. The van der Waals surface area contributed by atoms with E-state index in [2.05, 4.69) is 34.7 Å².